The van der Waals surface area contributed by atoms with E-state index in [1.807, 2.05) is 43.6 Å². The van der Waals surface area contributed by atoms with Gasteiger partial charge in [0.25, 0.3) is 0 Å². The molecule has 9 heteroatoms. The Hall–Kier alpha value is -2.45. The minimum absolute atomic E-state index is 0.248. The number of hydrogen-bond acceptors (Lipinski definition) is 3. The summed E-state index contributed by atoms with van der Waals surface area (Å²) < 4.78 is 16.8. The molecule has 0 amide bonds. The lowest BCUT2D eigenvalue weighted by molar-refractivity contribution is 0.492. The highest BCUT2D eigenvalue weighted by molar-refractivity contribution is 7.80. The molecule has 1 aromatic carbocycles. The molecule has 154 valence electrons. The fraction of sp³-hybridized carbons (Fsp3) is 0.350. The number of thiocarbonyl (C=S) groups is 1. The first-order valence-corrected chi connectivity index (χ1v) is 10.1. The molecule has 0 atom stereocenters. The Morgan fingerprint density at radius 2 is 1.93 bits per heavy atom. The topological polar surface area (TPSA) is 50.9 Å². The highest BCUT2D eigenvalue weighted by Gasteiger charge is 2.16. The smallest absolute Gasteiger partial charge is 0.173 e. The number of aromatic nitrogens is 4. The lowest BCUT2D eigenvalue weighted by atomic mass is 10.2. The number of halogens is 2. The van der Waals surface area contributed by atoms with Crippen LogP contribution in [0.2, 0.25) is 5.02 Å². The fourth-order valence-corrected chi connectivity index (χ4v) is 3.38. The van der Waals surface area contributed by atoms with E-state index in [1.165, 1.54) is 12.1 Å². The predicted molar refractivity (Wildman–Crippen MR) is 118 cm³/mol. The summed E-state index contributed by atoms with van der Waals surface area (Å²) >= 11 is 11.8. The summed E-state index contributed by atoms with van der Waals surface area (Å²) in [4.78, 5) is 1.89. The number of anilines is 1. The maximum atomic E-state index is 13.1. The van der Waals surface area contributed by atoms with E-state index in [4.69, 9.17) is 23.8 Å². The van der Waals surface area contributed by atoms with Crippen LogP contribution in [0.5, 0.6) is 0 Å². The average Bonchev–Trinajstić information content (AvgIpc) is 3.17. The summed E-state index contributed by atoms with van der Waals surface area (Å²) in [5, 5.41) is 13.5. The van der Waals surface area contributed by atoms with Gasteiger partial charge in [-0.3, -0.25) is 9.36 Å². The standard InChI is InChI=1S/C20H24ClFN6S/c1-5-27-11-17(21)18(25-27)12-26(4)20(29)23-19-13(2)24-28(14(19)3)10-15-6-8-16(22)9-7-15/h6-9,11H,5,10,12H2,1-4H3,(H,23,29). The molecule has 0 spiro atoms. The molecule has 3 rings (SSSR count). The number of aryl methyl sites for hydroxylation is 2. The first-order chi connectivity index (χ1) is 13.8. The summed E-state index contributed by atoms with van der Waals surface area (Å²) in [6.07, 6.45) is 1.81. The van der Waals surface area contributed by atoms with Crippen LogP contribution in [-0.4, -0.2) is 36.6 Å². The molecule has 2 heterocycles. The van der Waals surface area contributed by atoms with Gasteiger partial charge < -0.3 is 10.2 Å². The van der Waals surface area contributed by atoms with Crippen molar-refractivity contribution in [2.24, 2.45) is 0 Å². The van der Waals surface area contributed by atoms with Gasteiger partial charge >= 0.3 is 0 Å². The molecule has 0 aliphatic carbocycles. The van der Waals surface area contributed by atoms with Crippen LogP contribution in [0, 0.1) is 19.7 Å². The van der Waals surface area contributed by atoms with Gasteiger partial charge in [-0.1, -0.05) is 23.7 Å². The second kappa shape index (κ2) is 8.92. The van der Waals surface area contributed by atoms with Crippen molar-refractivity contribution in [1.82, 2.24) is 24.5 Å². The molecule has 0 bridgehead atoms. The lowest BCUT2D eigenvalue weighted by Crippen LogP contribution is -2.31. The number of nitrogens with one attached hydrogen (secondary N) is 1. The Morgan fingerprint density at radius 1 is 1.24 bits per heavy atom. The molecular formula is C20H24ClFN6S. The van der Waals surface area contributed by atoms with Gasteiger partial charge in [-0.15, -0.1) is 0 Å². The van der Waals surface area contributed by atoms with Gasteiger partial charge in [0.15, 0.2) is 5.11 Å². The molecule has 1 N–H and O–H groups in total. The highest BCUT2D eigenvalue weighted by Crippen LogP contribution is 2.22. The summed E-state index contributed by atoms with van der Waals surface area (Å²) in [6, 6.07) is 6.43. The zero-order valence-electron chi connectivity index (χ0n) is 16.9. The largest absolute Gasteiger partial charge is 0.346 e. The average molecular weight is 435 g/mol. The Bertz CT molecular complexity index is 1010. The Kier molecular flexibility index (Phi) is 6.54. The van der Waals surface area contributed by atoms with Gasteiger partial charge in [0.2, 0.25) is 0 Å². The maximum Gasteiger partial charge on any atom is 0.173 e. The van der Waals surface area contributed by atoms with E-state index in [9.17, 15) is 4.39 Å². The Balaban J connectivity index is 1.70. The zero-order chi connectivity index (χ0) is 21.1. The number of benzene rings is 1. The molecule has 6 nitrogen and oxygen atoms in total. The van der Waals surface area contributed by atoms with E-state index in [-0.39, 0.29) is 5.82 Å². The van der Waals surface area contributed by atoms with Crippen molar-refractivity contribution in [3.63, 3.8) is 0 Å². The normalized spacial score (nSPS) is 11.0. The molecule has 0 fully saturated rings. The van der Waals surface area contributed by atoms with E-state index >= 15 is 0 Å². The third kappa shape index (κ3) is 4.94. The molecule has 3 aromatic rings. The summed E-state index contributed by atoms with van der Waals surface area (Å²) in [5.41, 5.74) is 4.42. The van der Waals surface area contributed by atoms with E-state index in [2.05, 4.69) is 15.5 Å². The van der Waals surface area contributed by atoms with Crippen LogP contribution >= 0.6 is 23.8 Å². The minimum atomic E-state index is -0.248. The van der Waals surface area contributed by atoms with Crippen molar-refractivity contribution in [2.45, 2.75) is 40.4 Å². The third-order valence-corrected chi connectivity index (χ3v) is 5.43. The highest BCUT2D eigenvalue weighted by atomic mass is 35.5. The predicted octanol–water partition coefficient (Wildman–Crippen LogP) is 4.39. The van der Waals surface area contributed by atoms with Crippen LogP contribution in [0.3, 0.4) is 0 Å². The van der Waals surface area contributed by atoms with Crippen LogP contribution in [0.1, 0.15) is 29.6 Å². The van der Waals surface area contributed by atoms with Crippen molar-refractivity contribution in [3.8, 4) is 0 Å². The summed E-state index contributed by atoms with van der Waals surface area (Å²) in [7, 11) is 1.89. The van der Waals surface area contributed by atoms with Gasteiger partial charge in [0.05, 0.1) is 35.2 Å². The molecule has 0 radical (unpaired) electrons. The van der Waals surface area contributed by atoms with Gasteiger partial charge in [0, 0.05) is 19.8 Å². The quantitative estimate of drug-likeness (QED) is 0.583. The summed E-state index contributed by atoms with van der Waals surface area (Å²) in [6.45, 7) is 7.74. The van der Waals surface area contributed by atoms with E-state index in [1.54, 1.807) is 16.8 Å². The van der Waals surface area contributed by atoms with Crippen molar-refractivity contribution in [2.75, 3.05) is 12.4 Å². The molecule has 0 aliphatic rings. The maximum absolute atomic E-state index is 13.1. The van der Waals surface area contributed by atoms with Crippen LogP contribution < -0.4 is 5.32 Å². The van der Waals surface area contributed by atoms with Crippen LogP contribution in [0.25, 0.3) is 0 Å². The molecule has 0 aliphatic heterocycles. The van der Waals surface area contributed by atoms with Gasteiger partial charge in [0.1, 0.15) is 11.5 Å². The zero-order valence-corrected chi connectivity index (χ0v) is 18.5. The second-order valence-corrected chi connectivity index (χ2v) is 7.69. The second-order valence-electron chi connectivity index (χ2n) is 6.90. The third-order valence-electron chi connectivity index (χ3n) is 4.70. The monoisotopic (exact) mass is 434 g/mol. The molecule has 0 unspecified atom stereocenters. The molecule has 29 heavy (non-hydrogen) atoms. The molecule has 2 aromatic heterocycles. The van der Waals surface area contributed by atoms with Crippen LogP contribution in [0.4, 0.5) is 10.1 Å². The van der Waals surface area contributed by atoms with Gasteiger partial charge in [-0.25, -0.2) is 4.39 Å². The van der Waals surface area contributed by atoms with Crippen molar-refractivity contribution < 1.29 is 4.39 Å². The van der Waals surface area contributed by atoms with Crippen molar-refractivity contribution in [3.05, 3.63) is 63.9 Å². The van der Waals surface area contributed by atoms with E-state index in [0.717, 1.165) is 34.9 Å². The number of nitrogens with zero attached hydrogens (tertiary/aromatic N) is 5. The van der Waals surface area contributed by atoms with E-state index < -0.39 is 0 Å². The first-order valence-electron chi connectivity index (χ1n) is 9.30. The molecule has 0 saturated heterocycles. The number of hydrogen-bond donors (Lipinski definition) is 1. The van der Waals surface area contributed by atoms with E-state index in [0.29, 0.717) is 23.2 Å². The van der Waals surface area contributed by atoms with Crippen LogP contribution in [-0.2, 0) is 19.6 Å². The van der Waals surface area contributed by atoms with Crippen LogP contribution in [0.15, 0.2) is 30.5 Å². The van der Waals surface area contributed by atoms with Gasteiger partial charge in [-0.05, 0) is 50.7 Å². The van der Waals surface area contributed by atoms with Crippen molar-refractivity contribution in [1.29, 1.82) is 0 Å². The molecule has 0 saturated carbocycles. The first kappa shape index (κ1) is 21.3. The molecular weight excluding hydrogens is 411 g/mol. The lowest BCUT2D eigenvalue weighted by Gasteiger charge is -2.20. The summed E-state index contributed by atoms with van der Waals surface area (Å²) in [5.74, 6) is -0.248. The Morgan fingerprint density at radius 3 is 2.55 bits per heavy atom. The minimum Gasteiger partial charge on any atom is -0.346 e. The Labute approximate surface area is 180 Å². The van der Waals surface area contributed by atoms with Crippen molar-refractivity contribution >= 4 is 34.6 Å². The fourth-order valence-electron chi connectivity index (χ4n) is 3.00. The number of rotatable bonds is 6. The SMILES string of the molecule is CCn1cc(Cl)c(CN(C)C(=S)Nc2c(C)nn(Cc3ccc(F)cc3)c2C)n1. The van der Waals surface area contributed by atoms with Gasteiger partial charge in [-0.2, -0.15) is 10.2 Å².